The van der Waals surface area contributed by atoms with Crippen molar-refractivity contribution in [1.82, 2.24) is 20.1 Å². The molecule has 9 heteroatoms. The van der Waals surface area contributed by atoms with Crippen LogP contribution in [-0.4, -0.2) is 33.2 Å². The van der Waals surface area contributed by atoms with Gasteiger partial charge in [0.2, 0.25) is 0 Å². The Morgan fingerprint density at radius 2 is 2.03 bits per heavy atom. The smallest absolute Gasteiger partial charge is 0.292 e. The number of aromatic amines is 1. The highest BCUT2D eigenvalue weighted by atomic mass is 35.5. The highest BCUT2D eigenvalue weighted by molar-refractivity contribution is 6.31. The number of nitrogen functional groups attached to an aromatic ring is 1. The zero-order valence-corrected chi connectivity index (χ0v) is 18.0. The van der Waals surface area contributed by atoms with Gasteiger partial charge in [-0.25, -0.2) is 5.10 Å². The van der Waals surface area contributed by atoms with E-state index in [-0.39, 0.29) is 22.3 Å². The molecule has 0 atom stereocenters. The standard InChI is InChI=1S/C21H23ClN6O2/c1-10-13-7-12(22)5-6-14(13)30-18(10)17-15-16(20(29)25-24-19(15)23)26-28(17)27-8-11(9-27)21(2,3)4/h5-7,11H,8-9H2,1-4H3,(H2,23,24)(H,25,29). The predicted molar refractivity (Wildman–Crippen MR) is 118 cm³/mol. The van der Waals surface area contributed by atoms with Gasteiger partial charge in [-0.1, -0.05) is 32.4 Å². The van der Waals surface area contributed by atoms with Crippen LogP contribution in [0.1, 0.15) is 26.3 Å². The second-order valence-corrected chi connectivity index (χ2v) is 9.47. The van der Waals surface area contributed by atoms with Crippen LogP contribution in [0.15, 0.2) is 27.4 Å². The Labute approximate surface area is 177 Å². The first-order valence-electron chi connectivity index (χ1n) is 9.86. The molecule has 1 fully saturated rings. The van der Waals surface area contributed by atoms with Crippen molar-refractivity contribution < 1.29 is 4.42 Å². The van der Waals surface area contributed by atoms with Crippen LogP contribution in [0, 0.1) is 18.3 Å². The van der Waals surface area contributed by atoms with Crippen LogP contribution < -0.4 is 16.3 Å². The SMILES string of the molecule is Cc1c(-c2c3c(N)n[nH]c(=O)c3nn2N2CC(C(C)(C)C)C2)oc2ccc(Cl)cc12. The summed E-state index contributed by atoms with van der Waals surface area (Å²) < 4.78 is 6.21. The maximum absolute atomic E-state index is 12.5. The Morgan fingerprint density at radius 3 is 2.73 bits per heavy atom. The minimum atomic E-state index is -0.385. The van der Waals surface area contributed by atoms with Crippen LogP contribution in [0.3, 0.4) is 0 Å². The van der Waals surface area contributed by atoms with E-state index in [1.807, 2.05) is 19.1 Å². The van der Waals surface area contributed by atoms with E-state index in [1.165, 1.54) is 0 Å². The lowest BCUT2D eigenvalue weighted by atomic mass is 9.77. The molecule has 5 rings (SSSR count). The molecule has 0 saturated carbocycles. The van der Waals surface area contributed by atoms with Crippen LogP contribution in [0.2, 0.25) is 5.02 Å². The number of nitrogens with one attached hydrogen (secondary N) is 1. The molecule has 8 nitrogen and oxygen atoms in total. The van der Waals surface area contributed by atoms with Crippen molar-refractivity contribution in [2.45, 2.75) is 27.7 Å². The van der Waals surface area contributed by atoms with Crippen molar-refractivity contribution in [3.8, 4) is 11.5 Å². The summed E-state index contributed by atoms with van der Waals surface area (Å²) >= 11 is 6.19. The zero-order valence-electron chi connectivity index (χ0n) is 17.3. The number of halogens is 1. The normalized spacial score (nSPS) is 15.3. The van der Waals surface area contributed by atoms with Gasteiger partial charge in [-0.2, -0.15) is 9.89 Å². The average molecular weight is 427 g/mol. The van der Waals surface area contributed by atoms with Gasteiger partial charge in [-0.05, 0) is 30.5 Å². The molecule has 0 unspecified atom stereocenters. The number of anilines is 1. The first-order valence-corrected chi connectivity index (χ1v) is 10.2. The van der Waals surface area contributed by atoms with E-state index in [0.717, 1.165) is 24.0 Å². The summed E-state index contributed by atoms with van der Waals surface area (Å²) in [6.45, 7) is 10.3. The van der Waals surface area contributed by atoms with Gasteiger partial charge in [-0.15, -0.1) is 5.10 Å². The number of fused-ring (bicyclic) bond motifs is 2. The molecule has 0 aliphatic carbocycles. The summed E-state index contributed by atoms with van der Waals surface area (Å²) in [5.41, 5.74) is 8.48. The van der Waals surface area contributed by atoms with E-state index in [0.29, 0.717) is 33.4 Å². The number of hydrogen-bond donors (Lipinski definition) is 2. The molecule has 1 aliphatic rings. The van der Waals surface area contributed by atoms with Gasteiger partial charge < -0.3 is 10.2 Å². The number of benzene rings is 1. The monoisotopic (exact) mass is 426 g/mol. The molecule has 156 valence electrons. The maximum Gasteiger partial charge on any atom is 0.292 e. The summed E-state index contributed by atoms with van der Waals surface area (Å²) in [4.78, 5) is 14.2. The number of rotatable bonds is 2. The van der Waals surface area contributed by atoms with Crippen molar-refractivity contribution in [3.05, 3.63) is 39.1 Å². The highest BCUT2D eigenvalue weighted by Crippen LogP contribution is 2.40. The Morgan fingerprint density at radius 1 is 1.30 bits per heavy atom. The summed E-state index contributed by atoms with van der Waals surface area (Å²) in [7, 11) is 0. The Kier molecular flexibility index (Phi) is 3.96. The summed E-state index contributed by atoms with van der Waals surface area (Å²) in [5, 5.41) is 15.1. The molecule has 0 radical (unpaired) electrons. The number of nitrogens with two attached hydrogens (primary N) is 1. The van der Waals surface area contributed by atoms with Crippen LogP contribution in [-0.2, 0) is 0 Å². The molecule has 1 saturated heterocycles. The van der Waals surface area contributed by atoms with Gasteiger partial charge in [0.05, 0.1) is 5.39 Å². The van der Waals surface area contributed by atoms with Crippen molar-refractivity contribution >= 4 is 39.3 Å². The fourth-order valence-electron chi connectivity index (χ4n) is 4.01. The molecule has 4 heterocycles. The number of aromatic nitrogens is 4. The van der Waals surface area contributed by atoms with Crippen LogP contribution in [0.5, 0.6) is 0 Å². The van der Waals surface area contributed by atoms with Gasteiger partial charge in [0.1, 0.15) is 11.3 Å². The van der Waals surface area contributed by atoms with Crippen LogP contribution in [0.25, 0.3) is 33.3 Å². The first kappa shape index (κ1) is 19.0. The molecule has 4 aromatic rings. The molecular weight excluding hydrogens is 404 g/mol. The minimum absolute atomic E-state index is 0.188. The Balaban J connectivity index is 1.76. The summed E-state index contributed by atoms with van der Waals surface area (Å²) in [6.07, 6.45) is 0. The number of nitrogens with zero attached hydrogens (tertiary/aromatic N) is 4. The minimum Gasteiger partial charge on any atom is -0.454 e. The van der Waals surface area contributed by atoms with Gasteiger partial charge >= 0.3 is 0 Å². The van der Waals surface area contributed by atoms with Gasteiger partial charge in [0.25, 0.3) is 5.56 Å². The molecule has 0 bridgehead atoms. The van der Waals surface area contributed by atoms with E-state index in [1.54, 1.807) is 10.9 Å². The van der Waals surface area contributed by atoms with Crippen LogP contribution in [0.4, 0.5) is 5.82 Å². The molecule has 1 aromatic carbocycles. The molecule has 0 amide bonds. The van der Waals surface area contributed by atoms with Crippen molar-refractivity contribution in [2.24, 2.45) is 11.3 Å². The number of H-pyrrole nitrogens is 1. The molecule has 3 N–H and O–H groups in total. The molecule has 1 aliphatic heterocycles. The van der Waals surface area contributed by atoms with Gasteiger partial charge in [-0.3, -0.25) is 9.80 Å². The second kappa shape index (κ2) is 6.25. The van der Waals surface area contributed by atoms with Gasteiger partial charge in [0.15, 0.2) is 17.1 Å². The lowest BCUT2D eigenvalue weighted by Gasteiger charge is -2.47. The fraction of sp³-hybridized carbons (Fsp3) is 0.381. The first-order chi connectivity index (χ1) is 14.1. The Bertz CT molecular complexity index is 1350. The van der Waals surface area contributed by atoms with Crippen molar-refractivity contribution in [2.75, 3.05) is 23.8 Å². The molecular formula is C21H23ClN6O2. The molecule has 3 aromatic heterocycles. The summed E-state index contributed by atoms with van der Waals surface area (Å²) in [5.74, 6) is 1.33. The number of furan rings is 1. The highest BCUT2D eigenvalue weighted by Gasteiger charge is 2.38. The number of aryl methyl sites for hydroxylation is 1. The topological polar surface area (TPSA) is 106 Å². The lowest BCUT2D eigenvalue weighted by molar-refractivity contribution is 0.162. The van der Waals surface area contributed by atoms with E-state index in [9.17, 15) is 4.79 Å². The lowest BCUT2D eigenvalue weighted by Crippen LogP contribution is -2.58. The second-order valence-electron chi connectivity index (χ2n) is 9.03. The quantitative estimate of drug-likeness (QED) is 0.506. The third-order valence-electron chi connectivity index (χ3n) is 6.09. The molecule has 30 heavy (non-hydrogen) atoms. The average Bonchev–Trinajstić information content (AvgIpc) is 3.15. The third kappa shape index (κ3) is 2.70. The van der Waals surface area contributed by atoms with E-state index >= 15 is 0 Å². The number of hydrogen-bond acceptors (Lipinski definition) is 6. The van der Waals surface area contributed by atoms with Crippen LogP contribution >= 0.6 is 11.6 Å². The van der Waals surface area contributed by atoms with Crippen molar-refractivity contribution in [3.63, 3.8) is 0 Å². The fourth-order valence-corrected chi connectivity index (χ4v) is 4.19. The Hall–Kier alpha value is -3.00. The zero-order chi connectivity index (χ0) is 21.4. The van der Waals surface area contributed by atoms with E-state index in [4.69, 9.17) is 21.8 Å². The largest absolute Gasteiger partial charge is 0.454 e. The van der Waals surface area contributed by atoms with E-state index < -0.39 is 0 Å². The maximum atomic E-state index is 12.5. The predicted octanol–water partition coefficient (Wildman–Crippen LogP) is 3.69. The van der Waals surface area contributed by atoms with Crippen molar-refractivity contribution in [1.29, 1.82) is 0 Å². The molecule has 0 spiro atoms. The third-order valence-corrected chi connectivity index (χ3v) is 6.32. The van der Waals surface area contributed by atoms with E-state index in [2.05, 4.69) is 41.1 Å². The van der Waals surface area contributed by atoms with Gasteiger partial charge in [0, 0.05) is 35.0 Å². The summed E-state index contributed by atoms with van der Waals surface area (Å²) in [6, 6.07) is 5.50.